The van der Waals surface area contributed by atoms with Crippen LogP contribution in [-0.4, -0.2) is 10.7 Å². The summed E-state index contributed by atoms with van der Waals surface area (Å²) in [6, 6.07) is 23.2. The van der Waals surface area contributed by atoms with Crippen LogP contribution in [0, 0.1) is 6.92 Å². The first kappa shape index (κ1) is 18.0. The Hall–Kier alpha value is -2.11. The van der Waals surface area contributed by atoms with Gasteiger partial charge in [-0.25, -0.2) is 5.01 Å². The smallest absolute Gasteiger partial charge is 0.213 e. The lowest BCUT2D eigenvalue weighted by atomic mass is 9.95. The molecular formula is C23H18Br2N2O. The second-order valence-corrected chi connectivity index (χ2v) is 8.97. The molecule has 140 valence electrons. The Morgan fingerprint density at radius 3 is 2.50 bits per heavy atom. The average molecular weight is 498 g/mol. The van der Waals surface area contributed by atoms with E-state index in [9.17, 15) is 0 Å². The minimum Gasteiger partial charge on any atom is -0.463 e. The minimum absolute atomic E-state index is 0.138. The molecule has 5 heteroatoms. The van der Waals surface area contributed by atoms with Crippen molar-refractivity contribution in [3.05, 3.63) is 97.9 Å². The van der Waals surface area contributed by atoms with Gasteiger partial charge in [0.15, 0.2) is 0 Å². The molecule has 0 fully saturated rings. The Kier molecular flexibility index (Phi) is 4.52. The molecule has 2 unspecified atom stereocenters. The van der Waals surface area contributed by atoms with Crippen LogP contribution in [0.15, 0.2) is 80.8 Å². The van der Waals surface area contributed by atoms with Crippen LogP contribution in [0.4, 0.5) is 0 Å². The molecule has 3 aromatic carbocycles. The maximum absolute atomic E-state index is 6.47. The van der Waals surface area contributed by atoms with Crippen molar-refractivity contribution in [2.45, 2.75) is 25.6 Å². The lowest BCUT2D eigenvalue weighted by Crippen LogP contribution is -2.33. The summed E-state index contributed by atoms with van der Waals surface area (Å²) in [5.74, 6) is 0.902. The van der Waals surface area contributed by atoms with E-state index in [1.807, 2.05) is 24.3 Å². The summed E-state index contributed by atoms with van der Waals surface area (Å²) in [5.41, 5.74) is 5.77. The van der Waals surface area contributed by atoms with E-state index in [0.29, 0.717) is 0 Å². The predicted octanol–water partition coefficient (Wildman–Crippen LogP) is 6.76. The van der Waals surface area contributed by atoms with Crippen LogP contribution < -0.4 is 4.74 Å². The van der Waals surface area contributed by atoms with Gasteiger partial charge in [0.05, 0.1) is 16.2 Å². The number of aryl methyl sites for hydroxylation is 1. The van der Waals surface area contributed by atoms with Gasteiger partial charge >= 0.3 is 0 Å². The van der Waals surface area contributed by atoms with Crippen LogP contribution in [0.3, 0.4) is 0 Å². The van der Waals surface area contributed by atoms with Gasteiger partial charge in [0.1, 0.15) is 5.75 Å². The third-order valence-electron chi connectivity index (χ3n) is 5.28. The number of halogens is 2. The summed E-state index contributed by atoms with van der Waals surface area (Å²) in [7, 11) is 0. The maximum Gasteiger partial charge on any atom is 0.213 e. The van der Waals surface area contributed by atoms with Gasteiger partial charge in [-0.1, -0.05) is 76.1 Å². The monoisotopic (exact) mass is 496 g/mol. The molecular weight excluding hydrogens is 480 g/mol. The van der Waals surface area contributed by atoms with Crippen molar-refractivity contribution in [1.82, 2.24) is 5.01 Å². The first-order valence-electron chi connectivity index (χ1n) is 9.23. The minimum atomic E-state index is -0.251. The third kappa shape index (κ3) is 3.07. The Balaban J connectivity index is 1.63. The van der Waals surface area contributed by atoms with Crippen molar-refractivity contribution in [3.8, 4) is 5.75 Å². The van der Waals surface area contributed by atoms with Crippen molar-refractivity contribution in [2.24, 2.45) is 5.10 Å². The lowest BCUT2D eigenvalue weighted by molar-refractivity contribution is -0.0197. The molecule has 0 N–H and O–H groups in total. The van der Waals surface area contributed by atoms with Crippen molar-refractivity contribution >= 4 is 37.6 Å². The first-order chi connectivity index (χ1) is 13.6. The molecule has 2 aliphatic rings. The number of ether oxygens (including phenoxy) is 1. The zero-order valence-electron chi connectivity index (χ0n) is 15.3. The van der Waals surface area contributed by atoms with Gasteiger partial charge in [-0.05, 0) is 40.5 Å². The Morgan fingerprint density at radius 1 is 1.00 bits per heavy atom. The first-order valence-corrected chi connectivity index (χ1v) is 10.8. The second-order valence-electron chi connectivity index (χ2n) is 7.20. The highest BCUT2D eigenvalue weighted by atomic mass is 79.9. The van der Waals surface area contributed by atoms with Crippen molar-refractivity contribution in [1.29, 1.82) is 0 Å². The molecule has 2 atom stereocenters. The quantitative estimate of drug-likeness (QED) is 0.390. The summed E-state index contributed by atoms with van der Waals surface area (Å²) in [4.78, 5) is 0. The van der Waals surface area contributed by atoms with Crippen molar-refractivity contribution in [2.75, 3.05) is 0 Å². The van der Waals surface area contributed by atoms with Gasteiger partial charge in [-0.15, -0.1) is 0 Å². The summed E-state index contributed by atoms with van der Waals surface area (Å²) in [6.07, 6.45) is 0.602. The Bertz CT molecular complexity index is 1060. The van der Waals surface area contributed by atoms with Gasteiger partial charge in [0.25, 0.3) is 0 Å². The third-order valence-corrected chi connectivity index (χ3v) is 6.32. The zero-order chi connectivity index (χ0) is 19.3. The van der Waals surface area contributed by atoms with Gasteiger partial charge < -0.3 is 4.74 Å². The van der Waals surface area contributed by atoms with E-state index in [1.54, 1.807) is 0 Å². The summed E-state index contributed by atoms with van der Waals surface area (Å²) >= 11 is 7.31. The molecule has 0 bridgehead atoms. The standard InChI is InChI=1S/C23H18Br2N2O/c1-14-7-9-15(10-8-14)20-13-21-18-11-17(24)12-19(25)22(18)28-23(27(21)26-20)16-5-3-2-4-6-16/h2-12,21,23H,13H2,1H3. The number of rotatable bonds is 2. The molecule has 0 radical (unpaired) electrons. The molecule has 0 aliphatic carbocycles. The number of hydrogen-bond acceptors (Lipinski definition) is 3. The predicted molar refractivity (Wildman–Crippen MR) is 119 cm³/mol. The van der Waals surface area contributed by atoms with E-state index < -0.39 is 0 Å². The molecule has 5 rings (SSSR count). The van der Waals surface area contributed by atoms with Crippen LogP contribution >= 0.6 is 31.9 Å². The number of hydrazone groups is 1. The van der Waals surface area contributed by atoms with E-state index >= 15 is 0 Å². The summed E-state index contributed by atoms with van der Waals surface area (Å²) in [5, 5.41) is 7.14. The second kappa shape index (κ2) is 7.05. The Labute approximate surface area is 181 Å². The molecule has 2 heterocycles. The molecule has 0 saturated heterocycles. The van der Waals surface area contributed by atoms with Crippen LogP contribution in [0.25, 0.3) is 0 Å². The number of benzene rings is 3. The fraction of sp³-hybridized carbons (Fsp3) is 0.174. The van der Waals surface area contributed by atoms with E-state index in [0.717, 1.165) is 38.0 Å². The maximum atomic E-state index is 6.47. The molecule has 28 heavy (non-hydrogen) atoms. The molecule has 0 saturated carbocycles. The molecule has 3 nitrogen and oxygen atoms in total. The van der Waals surface area contributed by atoms with E-state index in [1.165, 1.54) is 11.1 Å². The van der Waals surface area contributed by atoms with Crippen LogP contribution in [0.1, 0.15) is 40.9 Å². The van der Waals surface area contributed by atoms with E-state index in [4.69, 9.17) is 9.84 Å². The van der Waals surface area contributed by atoms with E-state index in [2.05, 4.69) is 86.3 Å². The summed E-state index contributed by atoms with van der Waals surface area (Å²) < 4.78 is 8.46. The van der Waals surface area contributed by atoms with Crippen LogP contribution in [-0.2, 0) is 0 Å². The zero-order valence-corrected chi connectivity index (χ0v) is 18.4. The fourth-order valence-electron chi connectivity index (χ4n) is 3.87. The van der Waals surface area contributed by atoms with Gasteiger partial charge in [0.2, 0.25) is 6.23 Å². The molecule has 0 amide bonds. The van der Waals surface area contributed by atoms with Crippen LogP contribution in [0.5, 0.6) is 5.75 Å². The summed E-state index contributed by atoms with van der Waals surface area (Å²) in [6.45, 7) is 2.11. The van der Waals surface area contributed by atoms with Gasteiger partial charge in [-0.3, -0.25) is 0 Å². The number of nitrogens with zero attached hydrogens (tertiary/aromatic N) is 2. The van der Waals surface area contributed by atoms with Crippen molar-refractivity contribution in [3.63, 3.8) is 0 Å². The van der Waals surface area contributed by atoms with Crippen molar-refractivity contribution < 1.29 is 4.74 Å². The molecule has 3 aromatic rings. The Morgan fingerprint density at radius 2 is 1.75 bits per heavy atom. The normalized spacial score (nSPS) is 20.2. The lowest BCUT2D eigenvalue weighted by Gasteiger charge is -2.38. The molecule has 0 spiro atoms. The molecule has 0 aromatic heterocycles. The highest BCUT2D eigenvalue weighted by Gasteiger charge is 2.41. The molecule has 2 aliphatic heterocycles. The van der Waals surface area contributed by atoms with Gasteiger partial charge in [-0.2, -0.15) is 5.10 Å². The number of fused-ring (bicyclic) bond motifs is 3. The fourth-order valence-corrected chi connectivity index (χ4v) is 5.22. The largest absolute Gasteiger partial charge is 0.463 e. The highest BCUT2D eigenvalue weighted by molar-refractivity contribution is 9.11. The van der Waals surface area contributed by atoms with Gasteiger partial charge in [0, 0.05) is 22.0 Å². The average Bonchev–Trinajstić information content (AvgIpc) is 3.14. The topological polar surface area (TPSA) is 24.8 Å². The highest BCUT2D eigenvalue weighted by Crippen LogP contribution is 2.50. The SMILES string of the molecule is Cc1ccc(C2=NN3C(C2)c2cc(Br)cc(Br)c2OC3c2ccccc2)cc1. The van der Waals surface area contributed by atoms with Crippen LogP contribution in [0.2, 0.25) is 0 Å². The van der Waals surface area contributed by atoms with E-state index in [-0.39, 0.29) is 12.3 Å². The number of hydrogen-bond donors (Lipinski definition) is 0.